The number of nitrogens with zero attached hydrogens (tertiary/aromatic N) is 4. The average molecular weight is 270 g/mol. The van der Waals surface area contributed by atoms with Gasteiger partial charge >= 0.3 is 5.97 Å². The molecule has 0 saturated heterocycles. The molecule has 0 bridgehead atoms. The standard InChI is InChI=1S/C11H18N4O4/c1-8(2)19-5-4-14(3)10(16)7-15-6-9(11(17)18)12-13-15/h6,8H,4-5,7H2,1-3H3,(H,17,18). The number of carboxylic acids is 1. The number of rotatable bonds is 7. The normalized spacial score (nSPS) is 10.7. The number of carboxylic acid groups (broad SMARTS) is 1. The maximum Gasteiger partial charge on any atom is 0.358 e. The van der Waals surface area contributed by atoms with Crippen molar-refractivity contribution in [2.45, 2.75) is 26.5 Å². The predicted octanol–water partition coefficient (Wildman–Crippen LogP) is -0.140. The first kappa shape index (κ1) is 15.1. The highest BCUT2D eigenvalue weighted by molar-refractivity contribution is 5.84. The van der Waals surface area contributed by atoms with Crippen molar-refractivity contribution in [3.05, 3.63) is 11.9 Å². The van der Waals surface area contributed by atoms with Crippen molar-refractivity contribution in [1.82, 2.24) is 19.9 Å². The maximum atomic E-state index is 11.8. The second-order valence-electron chi connectivity index (χ2n) is 4.34. The van der Waals surface area contributed by atoms with Crippen LogP contribution in [0.4, 0.5) is 0 Å². The zero-order valence-electron chi connectivity index (χ0n) is 11.2. The highest BCUT2D eigenvalue weighted by Gasteiger charge is 2.13. The number of aromatic carboxylic acids is 1. The van der Waals surface area contributed by atoms with Gasteiger partial charge in [-0.15, -0.1) is 5.10 Å². The summed E-state index contributed by atoms with van der Waals surface area (Å²) in [7, 11) is 1.65. The van der Waals surface area contributed by atoms with Gasteiger partial charge in [0.1, 0.15) is 6.54 Å². The van der Waals surface area contributed by atoms with E-state index in [4.69, 9.17) is 9.84 Å². The fourth-order valence-electron chi connectivity index (χ4n) is 1.28. The number of carbonyl (C=O) groups is 2. The molecule has 0 aliphatic rings. The Labute approximate surface area is 111 Å². The Morgan fingerprint density at radius 1 is 1.53 bits per heavy atom. The summed E-state index contributed by atoms with van der Waals surface area (Å²) in [6, 6.07) is 0. The van der Waals surface area contributed by atoms with Crippen LogP contribution in [0.2, 0.25) is 0 Å². The predicted molar refractivity (Wildman–Crippen MR) is 65.7 cm³/mol. The van der Waals surface area contributed by atoms with Crippen LogP contribution < -0.4 is 0 Å². The number of likely N-dealkylation sites (N-methyl/N-ethyl adjacent to an activating group) is 1. The van der Waals surface area contributed by atoms with Crippen LogP contribution in [-0.2, 0) is 16.1 Å². The lowest BCUT2D eigenvalue weighted by Crippen LogP contribution is -2.33. The first-order valence-electron chi connectivity index (χ1n) is 5.89. The van der Waals surface area contributed by atoms with E-state index < -0.39 is 5.97 Å². The van der Waals surface area contributed by atoms with Crippen molar-refractivity contribution in [3.63, 3.8) is 0 Å². The van der Waals surface area contributed by atoms with Crippen LogP contribution in [-0.4, -0.2) is 63.2 Å². The number of hydrogen-bond acceptors (Lipinski definition) is 5. The van der Waals surface area contributed by atoms with Crippen molar-refractivity contribution >= 4 is 11.9 Å². The number of carbonyl (C=O) groups excluding carboxylic acids is 1. The minimum Gasteiger partial charge on any atom is -0.476 e. The molecule has 0 fully saturated rings. The molecule has 8 nitrogen and oxygen atoms in total. The Morgan fingerprint density at radius 2 is 2.21 bits per heavy atom. The fraction of sp³-hybridized carbons (Fsp3) is 0.636. The highest BCUT2D eigenvalue weighted by atomic mass is 16.5. The topological polar surface area (TPSA) is 97.5 Å². The van der Waals surface area contributed by atoms with E-state index in [9.17, 15) is 9.59 Å². The SMILES string of the molecule is CC(C)OCCN(C)C(=O)Cn1cc(C(=O)O)nn1. The fourth-order valence-corrected chi connectivity index (χ4v) is 1.28. The lowest BCUT2D eigenvalue weighted by Gasteiger charge is -2.17. The molecule has 0 radical (unpaired) electrons. The summed E-state index contributed by atoms with van der Waals surface area (Å²) < 4.78 is 6.54. The molecule has 1 amide bonds. The quantitative estimate of drug-likeness (QED) is 0.740. The van der Waals surface area contributed by atoms with Gasteiger partial charge in [-0.3, -0.25) is 4.79 Å². The van der Waals surface area contributed by atoms with Crippen LogP contribution in [0.3, 0.4) is 0 Å². The van der Waals surface area contributed by atoms with Gasteiger partial charge in [-0.2, -0.15) is 0 Å². The lowest BCUT2D eigenvalue weighted by molar-refractivity contribution is -0.131. The number of aromatic nitrogens is 3. The Morgan fingerprint density at radius 3 is 2.74 bits per heavy atom. The molecule has 106 valence electrons. The second-order valence-corrected chi connectivity index (χ2v) is 4.34. The minimum absolute atomic E-state index is 0.0432. The molecule has 0 unspecified atom stereocenters. The van der Waals surface area contributed by atoms with Gasteiger partial charge in [0.2, 0.25) is 5.91 Å². The summed E-state index contributed by atoms with van der Waals surface area (Å²) in [5.74, 6) is -1.36. The summed E-state index contributed by atoms with van der Waals surface area (Å²) in [5.41, 5.74) is -0.182. The van der Waals surface area contributed by atoms with E-state index >= 15 is 0 Å². The van der Waals surface area contributed by atoms with Gasteiger partial charge in [-0.05, 0) is 13.8 Å². The smallest absolute Gasteiger partial charge is 0.358 e. The van der Waals surface area contributed by atoms with Crippen LogP contribution in [0.5, 0.6) is 0 Å². The molecule has 0 aliphatic heterocycles. The molecule has 0 aromatic carbocycles. The molecular formula is C11H18N4O4. The third-order valence-corrected chi connectivity index (χ3v) is 2.36. The van der Waals surface area contributed by atoms with E-state index in [-0.39, 0.29) is 24.2 Å². The van der Waals surface area contributed by atoms with Crippen LogP contribution in [0.15, 0.2) is 6.20 Å². The third kappa shape index (κ3) is 5.04. The maximum absolute atomic E-state index is 11.8. The summed E-state index contributed by atoms with van der Waals surface area (Å²) in [4.78, 5) is 23.9. The zero-order chi connectivity index (χ0) is 14.4. The molecular weight excluding hydrogens is 252 g/mol. The molecule has 8 heteroatoms. The van der Waals surface area contributed by atoms with Gasteiger partial charge in [0.05, 0.1) is 18.9 Å². The van der Waals surface area contributed by atoms with Crippen molar-refractivity contribution in [2.75, 3.05) is 20.2 Å². The van der Waals surface area contributed by atoms with E-state index in [0.29, 0.717) is 13.2 Å². The van der Waals surface area contributed by atoms with Gasteiger partial charge < -0.3 is 14.7 Å². The Hall–Kier alpha value is -1.96. The van der Waals surface area contributed by atoms with E-state index in [0.717, 1.165) is 0 Å². The molecule has 1 heterocycles. The summed E-state index contributed by atoms with van der Waals surface area (Å²) in [6.07, 6.45) is 1.34. The van der Waals surface area contributed by atoms with E-state index in [1.165, 1.54) is 15.8 Å². The van der Waals surface area contributed by atoms with Gasteiger partial charge in [-0.25, -0.2) is 9.48 Å². The highest BCUT2D eigenvalue weighted by Crippen LogP contribution is 1.96. The molecule has 1 aromatic heterocycles. The van der Waals surface area contributed by atoms with Crippen LogP contribution >= 0.6 is 0 Å². The molecule has 1 aromatic rings. The Bertz CT molecular complexity index is 444. The lowest BCUT2D eigenvalue weighted by atomic mass is 10.4. The number of amides is 1. The van der Waals surface area contributed by atoms with E-state index in [1.54, 1.807) is 7.05 Å². The molecule has 0 atom stereocenters. The average Bonchev–Trinajstić information content (AvgIpc) is 2.76. The Kier molecular flexibility index (Phi) is 5.43. The first-order chi connectivity index (χ1) is 8.90. The molecule has 1 rings (SSSR count). The first-order valence-corrected chi connectivity index (χ1v) is 5.89. The zero-order valence-corrected chi connectivity index (χ0v) is 11.2. The molecule has 0 aliphatic carbocycles. The van der Waals surface area contributed by atoms with Gasteiger partial charge in [0, 0.05) is 13.6 Å². The molecule has 0 spiro atoms. The molecule has 0 saturated carbocycles. The van der Waals surface area contributed by atoms with Crippen LogP contribution in [0.1, 0.15) is 24.3 Å². The molecule has 19 heavy (non-hydrogen) atoms. The molecule has 1 N–H and O–H groups in total. The van der Waals surface area contributed by atoms with Gasteiger partial charge in [-0.1, -0.05) is 5.21 Å². The largest absolute Gasteiger partial charge is 0.476 e. The number of ether oxygens (including phenoxy) is 1. The van der Waals surface area contributed by atoms with Crippen molar-refractivity contribution < 1.29 is 19.4 Å². The van der Waals surface area contributed by atoms with E-state index in [2.05, 4.69) is 10.3 Å². The van der Waals surface area contributed by atoms with Gasteiger partial charge in [0.15, 0.2) is 5.69 Å². The second kappa shape index (κ2) is 6.83. The van der Waals surface area contributed by atoms with Crippen molar-refractivity contribution in [2.24, 2.45) is 0 Å². The van der Waals surface area contributed by atoms with Crippen LogP contribution in [0.25, 0.3) is 0 Å². The van der Waals surface area contributed by atoms with Crippen molar-refractivity contribution in [1.29, 1.82) is 0 Å². The third-order valence-electron chi connectivity index (χ3n) is 2.36. The monoisotopic (exact) mass is 270 g/mol. The summed E-state index contributed by atoms with van der Waals surface area (Å²) in [6.45, 7) is 4.73. The summed E-state index contributed by atoms with van der Waals surface area (Å²) >= 11 is 0. The van der Waals surface area contributed by atoms with E-state index in [1.807, 2.05) is 13.8 Å². The van der Waals surface area contributed by atoms with Crippen molar-refractivity contribution in [3.8, 4) is 0 Å². The van der Waals surface area contributed by atoms with Crippen LogP contribution in [0, 0.1) is 0 Å². The number of hydrogen-bond donors (Lipinski definition) is 1. The van der Waals surface area contributed by atoms with Gasteiger partial charge in [0.25, 0.3) is 0 Å². The minimum atomic E-state index is -1.17. The Balaban J connectivity index is 2.42. The summed E-state index contributed by atoms with van der Waals surface area (Å²) in [5, 5.41) is 15.7.